The van der Waals surface area contributed by atoms with E-state index in [1.807, 2.05) is 23.6 Å². The summed E-state index contributed by atoms with van der Waals surface area (Å²) in [5, 5.41) is 5.19. The summed E-state index contributed by atoms with van der Waals surface area (Å²) in [5.74, 6) is -0.122. The second-order valence-corrected chi connectivity index (χ2v) is 8.72. The van der Waals surface area contributed by atoms with Crippen molar-refractivity contribution in [1.29, 1.82) is 0 Å². The fourth-order valence-electron chi connectivity index (χ4n) is 2.13. The van der Waals surface area contributed by atoms with Crippen molar-refractivity contribution in [2.45, 2.75) is 13.0 Å². The summed E-state index contributed by atoms with van der Waals surface area (Å²) in [4.78, 5) is 12.8. The molecule has 0 unspecified atom stereocenters. The molecule has 1 aromatic heterocycles. The summed E-state index contributed by atoms with van der Waals surface area (Å²) < 4.78 is 25.2. The molecule has 0 spiro atoms. The average Bonchev–Trinajstić information content (AvgIpc) is 3.00. The van der Waals surface area contributed by atoms with Gasteiger partial charge in [-0.1, -0.05) is 35.9 Å². The van der Waals surface area contributed by atoms with Crippen molar-refractivity contribution in [2.24, 2.45) is 0 Å². The topological polar surface area (TPSA) is 66.5 Å². The van der Waals surface area contributed by atoms with Gasteiger partial charge in [0.05, 0.1) is 12.7 Å². The molecular weight excluding hydrogens is 368 g/mol. The Morgan fingerprint density at radius 3 is 2.62 bits per heavy atom. The number of nitrogens with zero attached hydrogens (tertiary/aromatic N) is 1. The summed E-state index contributed by atoms with van der Waals surface area (Å²) in [6, 6.07) is 10.9. The number of benzene rings is 1. The molecule has 2 rings (SSSR count). The molecule has 1 heterocycles. The fraction of sp³-hybridized carbons (Fsp3) is 0.312. The van der Waals surface area contributed by atoms with Crippen LogP contribution in [0.15, 0.2) is 41.8 Å². The van der Waals surface area contributed by atoms with Gasteiger partial charge in [0.2, 0.25) is 15.9 Å². The van der Waals surface area contributed by atoms with E-state index < -0.39 is 10.0 Å². The Kier molecular flexibility index (Phi) is 6.79. The summed E-state index contributed by atoms with van der Waals surface area (Å²) in [7, 11) is -3.40. The zero-order chi connectivity index (χ0) is 17.6. The van der Waals surface area contributed by atoms with Crippen molar-refractivity contribution in [2.75, 3.05) is 19.3 Å². The predicted molar refractivity (Wildman–Crippen MR) is 97.7 cm³/mol. The van der Waals surface area contributed by atoms with Crippen LogP contribution < -0.4 is 5.32 Å². The Morgan fingerprint density at radius 1 is 1.25 bits per heavy atom. The van der Waals surface area contributed by atoms with Crippen LogP contribution in [-0.4, -0.2) is 38.0 Å². The highest BCUT2D eigenvalue weighted by atomic mass is 35.5. The van der Waals surface area contributed by atoms with Crippen LogP contribution in [0, 0.1) is 0 Å². The van der Waals surface area contributed by atoms with E-state index in [9.17, 15) is 13.2 Å². The highest BCUT2D eigenvalue weighted by Crippen LogP contribution is 2.18. The van der Waals surface area contributed by atoms with E-state index in [0.717, 1.165) is 16.7 Å². The predicted octanol–water partition coefficient (Wildman–Crippen LogP) is 2.52. The number of nitrogens with one attached hydrogen (secondary N) is 1. The molecule has 1 aromatic carbocycles. The van der Waals surface area contributed by atoms with Crippen molar-refractivity contribution in [3.8, 4) is 0 Å². The third-order valence-corrected chi connectivity index (χ3v) is 5.87. The molecule has 1 N–H and O–H groups in total. The maximum Gasteiger partial charge on any atom is 0.225 e. The summed E-state index contributed by atoms with van der Waals surface area (Å²) in [5.41, 5.74) is 0.731. The normalized spacial score (nSPS) is 11.6. The van der Waals surface area contributed by atoms with E-state index in [1.54, 1.807) is 18.2 Å². The number of sulfonamides is 1. The Morgan fingerprint density at radius 2 is 2.00 bits per heavy atom. The van der Waals surface area contributed by atoms with Crippen molar-refractivity contribution in [3.63, 3.8) is 0 Å². The van der Waals surface area contributed by atoms with Gasteiger partial charge in [0.15, 0.2) is 0 Å². The molecular formula is C16H19ClN2O3S2. The summed E-state index contributed by atoms with van der Waals surface area (Å²) in [6.45, 7) is 0.626. The van der Waals surface area contributed by atoms with Crippen LogP contribution in [0.4, 0.5) is 0 Å². The van der Waals surface area contributed by atoms with Crippen LogP contribution in [0.25, 0.3) is 0 Å². The number of carbonyl (C=O) groups is 1. The molecule has 0 atom stereocenters. The smallest absolute Gasteiger partial charge is 0.225 e. The number of amides is 1. The second kappa shape index (κ2) is 8.62. The lowest BCUT2D eigenvalue weighted by Gasteiger charge is -2.20. The van der Waals surface area contributed by atoms with Gasteiger partial charge in [0.1, 0.15) is 0 Å². The molecule has 0 radical (unpaired) electrons. The Labute approximate surface area is 151 Å². The lowest BCUT2D eigenvalue weighted by atomic mass is 10.2. The number of thiophene rings is 1. The standard InChI is InChI=1S/C16H19ClN2O3S2/c1-24(21,22)19(12-13-5-2-3-7-15(13)17)9-8-18-16(20)11-14-6-4-10-23-14/h2-7,10H,8-9,11-12H2,1H3,(H,18,20). The van der Waals surface area contributed by atoms with E-state index in [2.05, 4.69) is 5.32 Å². The Balaban J connectivity index is 1.90. The molecule has 5 nitrogen and oxygen atoms in total. The maximum atomic E-state index is 12.0. The monoisotopic (exact) mass is 386 g/mol. The molecule has 24 heavy (non-hydrogen) atoms. The molecule has 0 bridgehead atoms. The maximum absolute atomic E-state index is 12.0. The number of carbonyl (C=O) groups excluding carboxylic acids is 1. The largest absolute Gasteiger partial charge is 0.354 e. The minimum Gasteiger partial charge on any atom is -0.354 e. The molecule has 2 aromatic rings. The second-order valence-electron chi connectivity index (χ2n) is 5.29. The number of halogens is 1. The van der Waals surface area contributed by atoms with E-state index in [1.165, 1.54) is 15.6 Å². The van der Waals surface area contributed by atoms with Gasteiger partial charge in [-0.2, -0.15) is 4.31 Å². The first-order valence-corrected chi connectivity index (χ1v) is 10.4. The van der Waals surface area contributed by atoms with Gasteiger partial charge in [0.25, 0.3) is 0 Å². The first-order valence-electron chi connectivity index (χ1n) is 7.34. The van der Waals surface area contributed by atoms with E-state index >= 15 is 0 Å². The minimum atomic E-state index is -3.40. The zero-order valence-electron chi connectivity index (χ0n) is 13.2. The van der Waals surface area contributed by atoms with Crippen molar-refractivity contribution < 1.29 is 13.2 Å². The molecule has 0 saturated heterocycles. The molecule has 8 heteroatoms. The van der Waals surface area contributed by atoms with Gasteiger partial charge < -0.3 is 5.32 Å². The van der Waals surface area contributed by atoms with Gasteiger partial charge >= 0.3 is 0 Å². The van der Waals surface area contributed by atoms with E-state index in [0.29, 0.717) is 11.4 Å². The van der Waals surface area contributed by atoms with Crippen molar-refractivity contribution in [1.82, 2.24) is 9.62 Å². The fourth-order valence-corrected chi connectivity index (χ4v) is 3.83. The number of hydrogen-bond donors (Lipinski definition) is 1. The Hall–Kier alpha value is -1.41. The lowest BCUT2D eigenvalue weighted by molar-refractivity contribution is -0.120. The minimum absolute atomic E-state index is 0.122. The highest BCUT2D eigenvalue weighted by Gasteiger charge is 2.18. The van der Waals surface area contributed by atoms with E-state index in [4.69, 9.17) is 11.6 Å². The van der Waals surface area contributed by atoms with Gasteiger partial charge in [-0.25, -0.2) is 8.42 Å². The zero-order valence-corrected chi connectivity index (χ0v) is 15.6. The number of hydrogen-bond acceptors (Lipinski definition) is 4. The molecule has 0 aliphatic carbocycles. The van der Waals surface area contributed by atoms with Crippen molar-refractivity contribution in [3.05, 3.63) is 57.2 Å². The van der Waals surface area contributed by atoms with Crippen LogP contribution in [-0.2, 0) is 27.8 Å². The first-order chi connectivity index (χ1) is 11.4. The first kappa shape index (κ1) is 18.9. The summed E-state index contributed by atoms with van der Waals surface area (Å²) in [6.07, 6.45) is 1.46. The third kappa shape index (κ3) is 5.90. The molecule has 0 aliphatic heterocycles. The molecule has 0 fully saturated rings. The van der Waals surface area contributed by atoms with Crippen LogP contribution in [0.3, 0.4) is 0 Å². The molecule has 1 amide bonds. The SMILES string of the molecule is CS(=O)(=O)N(CCNC(=O)Cc1cccs1)Cc1ccccc1Cl. The molecule has 0 saturated carbocycles. The van der Waals surface area contributed by atoms with Gasteiger partial charge in [-0.05, 0) is 23.1 Å². The quantitative estimate of drug-likeness (QED) is 0.758. The van der Waals surface area contributed by atoms with Crippen LogP contribution in [0.5, 0.6) is 0 Å². The third-order valence-electron chi connectivity index (χ3n) is 3.37. The number of rotatable bonds is 8. The van der Waals surface area contributed by atoms with Gasteiger partial charge in [0, 0.05) is 29.5 Å². The average molecular weight is 387 g/mol. The van der Waals surface area contributed by atoms with E-state index in [-0.39, 0.29) is 25.5 Å². The molecule has 130 valence electrons. The lowest BCUT2D eigenvalue weighted by Crippen LogP contribution is -2.38. The summed E-state index contributed by atoms with van der Waals surface area (Å²) >= 11 is 7.61. The van der Waals surface area contributed by atoms with Crippen LogP contribution in [0.2, 0.25) is 5.02 Å². The molecule has 0 aliphatic rings. The van der Waals surface area contributed by atoms with Crippen LogP contribution in [0.1, 0.15) is 10.4 Å². The Bertz CT molecular complexity index is 776. The van der Waals surface area contributed by atoms with Gasteiger partial charge in [-0.15, -0.1) is 11.3 Å². The van der Waals surface area contributed by atoms with Crippen molar-refractivity contribution >= 4 is 38.9 Å². The highest BCUT2D eigenvalue weighted by molar-refractivity contribution is 7.88. The van der Waals surface area contributed by atoms with Gasteiger partial charge in [-0.3, -0.25) is 4.79 Å². The van der Waals surface area contributed by atoms with Crippen LogP contribution >= 0.6 is 22.9 Å².